The van der Waals surface area contributed by atoms with Crippen LogP contribution < -0.4 is 0 Å². The molecule has 0 saturated carbocycles. The van der Waals surface area contributed by atoms with Gasteiger partial charge in [0.15, 0.2) is 0 Å². The summed E-state index contributed by atoms with van der Waals surface area (Å²) < 4.78 is 0. The Morgan fingerprint density at radius 1 is 1.71 bits per heavy atom. The van der Waals surface area contributed by atoms with Gasteiger partial charge in [0.25, 0.3) is 0 Å². The molecule has 0 aromatic carbocycles. The molecule has 0 radical (unpaired) electrons. The van der Waals surface area contributed by atoms with Gasteiger partial charge in [-0.1, -0.05) is 0 Å². The van der Waals surface area contributed by atoms with E-state index in [-0.39, 0.29) is 0 Å². The van der Waals surface area contributed by atoms with Crippen LogP contribution in [0.4, 0.5) is 0 Å². The Hall–Kier alpha value is -0.325. The molecule has 38 valence electrons. The molecule has 0 aliphatic carbocycles. The van der Waals surface area contributed by atoms with Crippen molar-refractivity contribution in [1.29, 1.82) is 0 Å². The van der Waals surface area contributed by atoms with Gasteiger partial charge in [0.2, 0.25) is 0 Å². The van der Waals surface area contributed by atoms with E-state index in [4.69, 9.17) is 0 Å². The van der Waals surface area contributed by atoms with Crippen LogP contribution in [0.5, 0.6) is 0 Å². The minimum atomic E-state index is 1.10. The van der Waals surface area contributed by atoms with Crippen molar-refractivity contribution in [1.82, 2.24) is 0 Å². The molecule has 0 N–H and O–H groups in total. The fourth-order valence-corrected chi connectivity index (χ4v) is 0.381. The van der Waals surface area contributed by atoms with Crippen molar-refractivity contribution in [2.75, 3.05) is 0 Å². The minimum absolute atomic E-state index is 1.10. The first-order chi connectivity index (χ1) is 3.41. The van der Waals surface area contributed by atoms with Gasteiger partial charge in [-0.05, 0) is 0 Å². The fourth-order valence-electron chi connectivity index (χ4n) is 0.381. The standard InChI is InChI=1S/C6H11B/c1-3-4-5-6-7-2/h3-4H,2,5-6H2,1H3. The zero-order valence-corrected chi connectivity index (χ0v) is 4.85. The van der Waals surface area contributed by atoms with Crippen LogP contribution in [0.25, 0.3) is 0 Å². The topological polar surface area (TPSA) is 0 Å². The van der Waals surface area contributed by atoms with Crippen LogP contribution in [0.3, 0.4) is 0 Å². The van der Waals surface area contributed by atoms with Crippen LogP contribution in [0, 0.1) is 0 Å². The molecule has 0 aliphatic heterocycles. The molecule has 0 aliphatic rings. The molecule has 0 aromatic heterocycles. The summed E-state index contributed by atoms with van der Waals surface area (Å²) in [6, 6.07) is 0. The second kappa shape index (κ2) is 5.67. The summed E-state index contributed by atoms with van der Waals surface area (Å²) in [5, 5.41) is 0. The first-order valence-electron chi connectivity index (χ1n) is 2.64. The molecule has 7 heavy (non-hydrogen) atoms. The zero-order valence-electron chi connectivity index (χ0n) is 4.85. The maximum absolute atomic E-state index is 3.60. The molecular formula is C6H11B. The van der Waals surface area contributed by atoms with Gasteiger partial charge in [0.1, 0.15) is 0 Å². The molecule has 0 atom stereocenters. The Balaban J connectivity index is 2.82. The zero-order chi connectivity index (χ0) is 5.54. The van der Waals surface area contributed by atoms with E-state index in [0.717, 1.165) is 12.7 Å². The van der Waals surface area contributed by atoms with Gasteiger partial charge in [0.05, 0.1) is 0 Å². The van der Waals surface area contributed by atoms with E-state index in [9.17, 15) is 0 Å². The van der Waals surface area contributed by atoms with Crippen molar-refractivity contribution >= 4 is 13.4 Å². The third kappa shape index (κ3) is 5.67. The second-order valence-electron chi connectivity index (χ2n) is 1.44. The van der Waals surface area contributed by atoms with Crippen LogP contribution in [0.2, 0.25) is 6.32 Å². The molecule has 0 rings (SSSR count). The van der Waals surface area contributed by atoms with Gasteiger partial charge in [-0.25, -0.2) is 0 Å². The van der Waals surface area contributed by atoms with Crippen LogP contribution >= 0.6 is 0 Å². The Labute approximate surface area is 46.1 Å². The predicted molar refractivity (Wildman–Crippen MR) is 37.1 cm³/mol. The van der Waals surface area contributed by atoms with Crippen molar-refractivity contribution in [2.45, 2.75) is 19.7 Å². The average Bonchev–Trinajstić information content (AvgIpc) is 1.69. The summed E-state index contributed by atoms with van der Waals surface area (Å²) in [5.41, 5.74) is 0. The Morgan fingerprint density at radius 3 is 2.86 bits per heavy atom. The van der Waals surface area contributed by atoms with E-state index in [0.29, 0.717) is 0 Å². The normalized spacial score (nSPS) is 9.29. The molecule has 0 saturated heterocycles. The molecule has 0 fully saturated rings. The van der Waals surface area contributed by atoms with Crippen LogP contribution in [0.1, 0.15) is 13.3 Å². The van der Waals surface area contributed by atoms with E-state index >= 15 is 0 Å². The average molecular weight is 94.0 g/mol. The summed E-state index contributed by atoms with van der Waals surface area (Å²) in [4.78, 5) is 0. The third-order valence-corrected chi connectivity index (χ3v) is 0.773. The van der Waals surface area contributed by atoms with Crippen LogP contribution in [-0.2, 0) is 0 Å². The molecule has 0 nitrogen and oxygen atoms in total. The SMILES string of the molecule is C=BCCC=CC. The van der Waals surface area contributed by atoms with Crippen molar-refractivity contribution in [2.24, 2.45) is 0 Å². The predicted octanol–water partition coefficient (Wildman–Crippen LogP) is 1.51. The van der Waals surface area contributed by atoms with Gasteiger partial charge in [-0.3, -0.25) is 0 Å². The third-order valence-electron chi connectivity index (χ3n) is 0.773. The van der Waals surface area contributed by atoms with Crippen molar-refractivity contribution in [3.8, 4) is 0 Å². The molecule has 1 heteroatoms. The van der Waals surface area contributed by atoms with Crippen molar-refractivity contribution in [3.63, 3.8) is 0 Å². The Morgan fingerprint density at radius 2 is 2.43 bits per heavy atom. The summed E-state index contributed by atoms with van der Waals surface area (Å²) in [6.07, 6.45) is 6.44. The van der Waals surface area contributed by atoms with E-state index < -0.39 is 0 Å². The number of hydrogen-bond acceptors (Lipinski definition) is 0. The summed E-state index contributed by atoms with van der Waals surface area (Å²) in [7, 11) is 0. The van der Waals surface area contributed by atoms with Gasteiger partial charge >= 0.3 is 45.2 Å². The Kier molecular flexibility index (Phi) is 5.41. The van der Waals surface area contributed by atoms with E-state index in [1.165, 1.54) is 0 Å². The molecular weight excluding hydrogens is 82.9 g/mol. The van der Waals surface area contributed by atoms with Crippen molar-refractivity contribution in [3.05, 3.63) is 12.2 Å². The summed E-state index contributed by atoms with van der Waals surface area (Å²) in [6.45, 7) is 7.56. The molecule has 0 aromatic rings. The van der Waals surface area contributed by atoms with Crippen LogP contribution in [-0.4, -0.2) is 13.4 Å². The van der Waals surface area contributed by atoms with Gasteiger partial charge < -0.3 is 0 Å². The van der Waals surface area contributed by atoms with Gasteiger partial charge in [0, 0.05) is 0 Å². The maximum atomic E-state index is 3.60. The number of hydrogen-bond donors (Lipinski definition) is 0. The molecule has 0 bridgehead atoms. The molecule has 0 unspecified atom stereocenters. The number of rotatable bonds is 3. The second-order valence-corrected chi connectivity index (χ2v) is 1.44. The van der Waals surface area contributed by atoms with E-state index in [1.807, 2.05) is 13.8 Å². The van der Waals surface area contributed by atoms with E-state index in [1.54, 1.807) is 0 Å². The molecule has 0 heterocycles. The quantitative estimate of drug-likeness (QED) is 0.282. The first kappa shape index (κ1) is 6.67. The van der Waals surface area contributed by atoms with Crippen LogP contribution in [0.15, 0.2) is 12.2 Å². The molecule has 0 amide bonds. The molecule has 0 spiro atoms. The van der Waals surface area contributed by atoms with Crippen molar-refractivity contribution < 1.29 is 0 Å². The summed E-state index contributed by atoms with van der Waals surface area (Å²) in [5.74, 6) is 0. The first-order valence-corrected chi connectivity index (χ1v) is 2.64. The number of allylic oxidation sites excluding steroid dienone is 2. The monoisotopic (exact) mass is 94.1 g/mol. The van der Waals surface area contributed by atoms with Gasteiger partial charge in [-0.15, -0.1) is 0 Å². The van der Waals surface area contributed by atoms with E-state index in [2.05, 4.69) is 18.6 Å². The van der Waals surface area contributed by atoms with Gasteiger partial charge in [-0.2, -0.15) is 0 Å². The fraction of sp³-hybridized carbons (Fsp3) is 0.500. The summed E-state index contributed by atoms with van der Waals surface area (Å²) >= 11 is 0. The Bertz CT molecular complexity index is 64.6.